The van der Waals surface area contributed by atoms with Gasteiger partial charge in [0.15, 0.2) is 0 Å². The van der Waals surface area contributed by atoms with Gasteiger partial charge >= 0.3 is 0 Å². The van der Waals surface area contributed by atoms with E-state index >= 15 is 0 Å². The monoisotopic (exact) mass is 428 g/mol. The van der Waals surface area contributed by atoms with Crippen LogP contribution in [0.2, 0.25) is 0 Å². The van der Waals surface area contributed by atoms with E-state index in [1.165, 1.54) is 11.1 Å². The van der Waals surface area contributed by atoms with Gasteiger partial charge in [0.1, 0.15) is 5.60 Å². The molecule has 3 aromatic carbocycles. The molecule has 0 radical (unpaired) electrons. The van der Waals surface area contributed by atoms with Crippen molar-refractivity contribution in [3.63, 3.8) is 0 Å². The molecule has 0 heterocycles. The third kappa shape index (κ3) is 3.95. The second-order valence-electron chi connectivity index (χ2n) is 8.14. The lowest BCUT2D eigenvalue weighted by molar-refractivity contribution is 0.125. The zero-order valence-electron chi connectivity index (χ0n) is 18.4. The number of nitrogens with zero attached hydrogens (tertiary/aromatic N) is 2. The largest absolute Gasteiger partial charge is 0.376 e. The maximum atomic E-state index is 11.9. The fourth-order valence-corrected chi connectivity index (χ4v) is 4.30. The van der Waals surface area contributed by atoms with Gasteiger partial charge in [-0.3, -0.25) is 0 Å². The fourth-order valence-electron chi connectivity index (χ4n) is 4.30. The minimum atomic E-state index is -1.26. The van der Waals surface area contributed by atoms with Crippen molar-refractivity contribution in [2.45, 2.75) is 12.5 Å². The average molecular weight is 429 g/mol. The molecule has 5 rings (SSSR count). The van der Waals surface area contributed by atoms with Crippen LogP contribution in [0.25, 0.3) is 11.1 Å². The van der Waals surface area contributed by atoms with E-state index in [2.05, 4.69) is 35.4 Å². The number of benzene rings is 3. The molecule has 3 heteroatoms. The number of hydrogen-bond donors (Lipinski definition) is 1. The average Bonchev–Trinajstić information content (AvgIpc) is 3.03. The number of hydrogen-bond acceptors (Lipinski definition) is 3. The molecule has 0 saturated carbocycles. The van der Waals surface area contributed by atoms with E-state index in [0.29, 0.717) is 0 Å². The highest BCUT2D eigenvalue weighted by atomic mass is 16.3. The molecule has 0 bridgehead atoms. The maximum Gasteiger partial charge on any atom is 0.140 e. The van der Waals surface area contributed by atoms with Gasteiger partial charge in [0.05, 0.1) is 11.4 Å². The first-order chi connectivity index (χ1) is 16.2. The molecule has 2 aliphatic rings. The Morgan fingerprint density at radius 3 is 1.61 bits per heavy atom. The van der Waals surface area contributed by atoms with Crippen LogP contribution in [-0.2, 0) is 5.60 Å². The molecule has 3 nitrogen and oxygen atoms in total. The standard InChI is InChI=1S/C30H24N2O/c1-22-21-29(28-16-10-4-9-15-27(22)28)32-31-26-19-17-25(18-20-26)30(33,23-11-5-2-6-12-23)24-13-7-3-8-14-24/h2-21,33H,1H3. The summed E-state index contributed by atoms with van der Waals surface area (Å²) in [6, 6.07) is 39.4. The van der Waals surface area contributed by atoms with Gasteiger partial charge in [-0.15, -0.1) is 5.11 Å². The highest BCUT2D eigenvalue weighted by Gasteiger charge is 2.33. The lowest BCUT2D eigenvalue weighted by atomic mass is 9.80. The van der Waals surface area contributed by atoms with E-state index in [9.17, 15) is 5.11 Å². The summed E-state index contributed by atoms with van der Waals surface area (Å²) < 4.78 is 0. The van der Waals surface area contributed by atoms with Gasteiger partial charge in [0, 0.05) is 5.56 Å². The summed E-state index contributed by atoms with van der Waals surface area (Å²) in [7, 11) is 0. The van der Waals surface area contributed by atoms with E-state index in [1.54, 1.807) is 0 Å². The second kappa shape index (κ2) is 8.81. The number of rotatable bonds is 5. The summed E-state index contributed by atoms with van der Waals surface area (Å²) >= 11 is 0. The molecule has 0 aliphatic heterocycles. The van der Waals surface area contributed by atoms with Crippen molar-refractivity contribution in [1.29, 1.82) is 0 Å². The molecule has 1 N–H and O–H groups in total. The Hall–Kier alpha value is -4.08. The van der Waals surface area contributed by atoms with E-state index in [-0.39, 0.29) is 0 Å². The first kappa shape index (κ1) is 20.8. The summed E-state index contributed by atoms with van der Waals surface area (Å²) in [5, 5.41) is 20.9. The van der Waals surface area contributed by atoms with Gasteiger partial charge in [0.2, 0.25) is 0 Å². The van der Waals surface area contributed by atoms with Gasteiger partial charge in [0.25, 0.3) is 0 Å². The Bertz CT molecular complexity index is 1320. The Morgan fingerprint density at radius 2 is 1.03 bits per heavy atom. The fraction of sp³-hybridized carbons (Fsp3) is 0.0667. The Kier molecular flexibility index (Phi) is 5.55. The predicted octanol–water partition coefficient (Wildman–Crippen LogP) is 7.80. The SMILES string of the molecule is Cc1cc(N=Nc2ccc(C(O)(c3ccccc3)c3ccccc3)cc2)c2cccccc1-2. The van der Waals surface area contributed by atoms with Gasteiger partial charge in [-0.05, 0) is 52.9 Å². The topological polar surface area (TPSA) is 45.0 Å². The summed E-state index contributed by atoms with van der Waals surface area (Å²) in [6.45, 7) is 2.09. The first-order valence-corrected chi connectivity index (χ1v) is 11.0. The molecule has 2 aliphatic carbocycles. The van der Waals surface area contributed by atoms with E-state index in [4.69, 9.17) is 0 Å². The van der Waals surface area contributed by atoms with Crippen molar-refractivity contribution < 1.29 is 5.11 Å². The van der Waals surface area contributed by atoms with Crippen LogP contribution in [0.15, 0.2) is 132 Å². The van der Waals surface area contributed by atoms with Crippen molar-refractivity contribution in [2.24, 2.45) is 10.2 Å². The predicted molar refractivity (Wildman–Crippen MR) is 133 cm³/mol. The van der Waals surface area contributed by atoms with E-state index in [0.717, 1.165) is 33.6 Å². The molecular formula is C30H24N2O. The minimum absolute atomic E-state index is 0.731. The third-order valence-corrected chi connectivity index (χ3v) is 6.03. The third-order valence-electron chi connectivity index (χ3n) is 6.03. The van der Waals surface area contributed by atoms with Crippen LogP contribution < -0.4 is 0 Å². The molecule has 0 amide bonds. The van der Waals surface area contributed by atoms with Crippen LogP contribution in [0.3, 0.4) is 0 Å². The number of aliphatic hydroxyl groups is 1. The first-order valence-electron chi connectivity index (χ1n) is 11.0. The van der Waals surface area contributed by atoms with Crippen molar-refractivity contribution in [3.05, 3.63) is 144 Å². The molecule has 33 heavy (non-hydrogen) atoms. The molecule has 0 atom stereocenters. The van der Waals surface area contributed by atoms with Crippen LogP contribution in [0, 0.1) is 6.92 Å². The van der Waals surface area contributed by atoms with Crippen LogP contribution in [0.1, 0.15) is 22.3 Å². The molecule has 0 aromatic heterocycles. The molecule has 160 valence electrons. The smallest absolute Gasteiger partial charge is 0.140 e. The molecule has 0 spiro atoms. The normalized spacial score (nSPS) is 11.8. The van der Waals surface area contributed by atoms with Crippen molar-refractivity contribution in [2.75, 3.05) is 0 Å². The summed E-state index contributed by atoms with van der Waals surface area (Å²) in [5.74, 6) is 0. The number of fused-ring (bicyclic) bond motifs is 1. The summed E-state index contributed by atoms with van der Waals surface area (Å²) in [5.41, 5.74) is 6.19. The van der Waals surface area contributed by atoms with Crippen LogP contribution in [0.5, 0.6) is 0 Å². The summed E-state index contributed by atoms with van der Waals surface area (Å²) in [4.78, 5) is 0. The number of azo groups is 1. The van der Waals surface area contributed by atoms with Gasteiger partial charge < -0.3 is 5.11 Å². The number of aryl methyl sites for hydroxylation is 1. The zero-order chi connectivity index (χ0) is 22.7. The summed E-state index contributed by atoms with van der Waals surface area (Å²) in [6.07, 6.45) is 0. The van der Waals surface area contributed by atoms with Crippen LogP contribution in [-0.4, -0.2) is 5.11 Å². The van der Waals surface area contributed by atoms with Crippen molar-refractivity contribution >= 4 is 11.4 Å². The van der Waals surface area contributed by atoms with Crippen LogP contribution in [0.4, 0.5) is 11.4 Å². The second-order valence-corrected chi connectivity index (χ2v) is 8.14. The van der Waals surface area contributed by atoms with Crippen LogP contribution >= 0.6 is 0 Å². The Balaban J connectivity index is 1.49. The maximum absolute atomic E-state index is 11.9. The van der Waals surface area contributed by atoms with E-state index in [1.807, 2.05) is 103 Å². The van der Waals surface area contributed by atoms with E-state index < -0.39 is 5.60 Å². The molecule has 0 fully saturated rings. The lowest BCUT2D eigenvalue weighted by Crippen LogP contribution is -2.28. The quantitative estimate of drug-likeness (QED) is 0.225. The van der Waals surface area contributed by atoms with Gasteiger partial charge in [-0.1, -0.05) is 103 Å². The Labute approximate surface area is 194 Å². The molecule has 3 aromatic rings. The molecule has 0 saturated heterocycles. The highest BCUT2D eigenvalue weighted by Crippen LogP contribution is 2.39. The molecular weight excluding hydrogens is 404 g/mol. The zero-order valence-corrected chi connectivity index (χ0v) is 18.4. The highest BCUT2D eigenvalue weighted by molar-refractivity contribution is 5.82. The van der Waals surface area contributed by atoms with Gasteiger partial charge in [-0.25, -0.2) is 0 Å². The molecule has 0 unspecified atom stereocenters. The lowest BCUT2D eigenvalue weighted by Gasteiger charge is -2.30. The van der Waals surface area contributed by atoms with Crippen molar-refractivity contribution in [1.82, 2.24) is 0 Å². The van der Waals surface area contributed by atoms with Crippen molar-refractivity contribution in [3.8, 4) is 11.1 Å². The van der Waals surface area contributed by atoms with Gasteiger partial charge in [-0.2, -0.15) is 5.11 Å². The Morgan fingerprint density at radius 1 is 0.545 bits per heavy atom. The minimum Gasteiger partial charge on any atom is -0.376 e.